The van der Waals surface area contributed by atoms with Crippen LogP contribution in [0.25, 0.3) is 0 Å². The zero-order chi connectivity index (χ0) is 21.8. The molecule has 2 aromatic carbocycles. The van der Waals surface area contributed by atoms with Crippen LogP contribution in [-0.2, 0) is 10.0 Å². The molecule has 0 saturated carbocycles. The number of aromatic nitrogens is 2. The lowest BCUT2D eigenvalue weighted by atomic mass is 10.1. The lowest BCUT2D eigenvalue weighted by Crippen LogP contribution is -2.30. The molecule has 4 rings (SSSR count). The Balaban J connectivity index is 1.46. The molecule has 3 aromatic rings. The highest BCUT2D eigenvalue weighted by molar-refractivity contribution is 7.92. The predicted octanol–water partition coefficient (Wildman–Crippen LogP) is 4.46. The second kappa shape index (κ2) is 8.89. The summed E-state index contributed by atoms with van der Waals surface area (Å²) in [7, 11) is -3.79. The molecule has 0 unspecified atom stereocenters. The summed E-state index contributed by atoms with van der Waals surface area (Å²) < 4.78 is 40.4. The average molecular weight is 442 g/mol. The monoisotopic (exact) mass is 441 g/mol. The molecule has 0 aliphatic carbocycles. The number of hydrogen-bond donors (Lipinski definition) is 2. The smallest absolute Gasteiger partial charge is 0.261 e. The largest absolute Gasteiger partial charge is 0.356 e. The number of hydrogen-bond acceptors (Lipinski definition) is 6. The van der Waals surface area contributed by atoms with Gasteiger partial charge in [-0.25, -0.2) is 22.8 Å². The third-order valence-electron chi connectivity index (χ3n) is 5.04. The summed E-state index contributed by atoms with van der Waals surface area (Å²) in [6, 6.07) is 13.5. The molecule has 1 saturated heterocycles. The number of halogens is 1. The molecule has 7 nitrogen and oxygen atoms in total. The van der Waals surface area contributed by atoms with E-state index in [1.807, 2.05) is 13.0 Å². The number of anilines is 4. The van der Waals surface area contributed by atoms with Crippen molar-refractivity contribution in [3.05, 3.63) is 66.2 Å². The first-order chi connectivity index (χ1) is 14.9. The van der Waals surface area contributed by atoms with E-state index in [0.717, 1.165) is 36.7 Å². The second-order valence-electron chi connectivity index (χ2n) is 7.47. The van der Waals surface area contributed by atoms with Crippen LogP contribution in [0.2, 0.25) is 0 Å². The van der Waals surface area contributed by atoms with Crippen molar-refractivity contribution in [3.63, 3.8) is 0 Å². The van der Waals surface area contributed by atoms with Crippen LogP contribution < -0.4 is 14.9 Å². The Bertz CT molecular complexity index is 1150. The molecule has 31 heavy (non-hydrogen) atoms. The Labute approximate surface area is 181 Å². The molecule has 162 valence electrons. The van der Waals surface area contributed by atoms with E-state index in [9.17, 15) is 12.8 Å². The van der Waals surface area contributed by atoms with Crippen molar-refractivity contribution < 1.29 is 12.8 Å². The SMILES string of the molecule is Cc1nc(Nc2ccc(NS(=O)(=O)c3ccc(F)cc3)cc2)cc(N2CCCCC2)n1. The highest BCUT2D eigenvalue weighted by Gasteiger charge is 2.15. The number of nitrogens with zero attached hydrogens (tertiary/aromatic N) is 3. The van der Waals surface area contributed by atoms with Crippen molar-refractivity contribution in [2.75, 3.05) is 28.0 Å². The molecular weight excluding hydrogens is 417 g/mol. The topological polar surface area (TPSA) is 87.2 Å². The fourth-order valence-electron chi connectivity index (χ4n) is 3.50. The van der Waals surface area contributed by atoms with Crippen LogP contribution >= 0.6 is 0 Å². The zero-order valence-corrected chi connectivity index (χ0v) is 18.0. The van der Waals surface area contributed by atoms with Crippen LogP contribution in [0.4, 0.5) is 27.4 Å². The lowest BCUT2D eigenvalue weighted by Gasteiger charge is -2.28. The van der Waals surface area contributed by atoms with Crippen LogP contribution in [-0.4, -0.2) is 31.5 Å². The van der Waals surface area contributed by atoms with Gasteiger partial charge in [0.1, 0.15) is 23.3 Å². The van der Waals surface area contributed by atoms with Crippen molar-refractivity contribution in [2.24, 2.45) is 0 Å². The highest BCUT2D eigenvalue weighted by atomic mass is 32.2. The van der Waals surface area contributed by atoms with E-state index in [4.69, 9.17) is 0 Å². The third kappa shape index (κ3) is 5.29. The Morgan fingerprint density at radius 1 is 0.903 bits per heavy atom. The average Bonchev–Trinajstić information content (AvgIpc) is 2.75. The molecular formula is C22H24FN5O2S. The van der Waals surface area contributed by atoms with Gasteiger partial charge in [0, 0.05) is 30.5 Å². The summed E-state index contributed by atoms with van der Waals surface area (Å²) in [6.45, 7) is 3.86. The van der Waals surface area contributed by atoms with Crippen LogP contribution in [0.3, 0.4) is 0 Å². The number of sulfonamides is 1. The van der Waals surface area contributed by atoms with Crippen LogP contribution in [0, 0.1) is 12.7 Å². The maximum Gasteiger partial charge on any atom is 0.261 e. The number of rotatable bonds is 6. The Hall–Kier alpha value is -3.20. The second-order valence-corrected chi connectivity index (χ2v) is 9.15. The quantitative estimate of drug-likeness (QED) is 0.587. The van der Waals surface area contributed by atoms with Gasteiger partial charge in [-0.05, 0) is 74.7 Å². The highest BCUT2D eigenvalue weighted by Crippen LogP contribution is 2.24. The van der Waals surface area contributed by atoms with Gasteiger partial charge in [-0.2, -0.15) is 0 Å². The minimum absolute atomic E-state index is 0.00203. The maximum absolute atomic E-state index is 13.0. The summed E-state index contributed by atoms with van der Waals surface area (Å²) >= 11 is 0. The first-order valence-electron chi connectivity index (χ1n) is 10.2. The first kappa shape index (κ1) is 21.0. The van der Waals surface area contributed by atoms with Gasteiger partial charge >= 0.3 is 0 Å². The zero-order valence-electron chi connectivity index (χ0n) is 17.2. The number of nitrogens with one attached hydrogen (secondary N) is 2. The van der Waals surface area contributed by atoms with Gasteiger partial charge in [-0.3, -0.25) is 4.72 Å². The van der Waals surface area contributed by atoms with Crippen molar-refractivity contribution in [2.45, 2.75) is 31.1 Å². The third-order valence-corrected chi connectivity index (χ3v) is 6.44. The van der Waals surface area contributed by atoms with Crippen LogP contribution in [0.1, 0.15) is 25.1 Å². The molecule has 1 fully saturated rings. The Kier molecular flexibility index (Phi) is 6.03. The van der Waals surface area contributed by atoms with Crippen LogP contribution in [0.5, 0.6) is 0 Å². The number of aryl methyl sites for hydroxylation is 1. The molecule has 0 atom stereocenters. The molecule has 0 spiro atoms. The van der Waals surface area contributed by atoms with Crippen molar-refractivity contribution in [3.8, 4) is 0 Å². The van der Waals surface area contributed by atoms with Gasteiger partial charge in [0.15, 0.2) is 0 Å². The summed E-state index contributed by atoms with van der Waals surface area (Å²) in [5.41, 5.74) is 1.18. The molecule has 0 radical (unpaired) electrons. The molecule has 0 amide bonds. The van der Waals surface area contributed by atoms with Gasteiger partial charge in [0.05, 0.1) is 4.90 Å². The molecule has 2 N–H and O–H groups in total. The summed E-state index contributed by atoms with van der Waals surface area (Å²) in [4.78, 5) is 11.3. The fraction of sp³-hybridized carbons (Fsp3) is 0.273. The normalized spacial score (nSPS) is 14.3. The predicted molar refractivity (Wildman–Crippen MR) is 120 cm³/mol. The number of piperidine rings is 1. The van der Waals surface area contributed by atoms with E-state index in [1.54, 1.807) is 24.3 Å². The van der Waals surface area contributed by atoms with E-state index in [0.29, 0.717) is 17.3 Å². The van der Waals surface area contributed by atoms with E-state index >= 15 is 0 Å². The summed E-state index contributed by atoms with van der Waals surface area (Å²) in [5, 5.41) is 3.26. The maximum atomic E-state index is 13.0. The Morgan fingerprint density at radius 3 is 2.23 bits per heavy atom. The standard InChI is InChI=1S/C22H24FN5O2S/c1-16-24-21(15-22(25-16)28-13-3-2-4-14-28)26-18-7-9-19(10-8-18)27-31(29,30)20-11-5-17(23)6-12-20/h5-12,15,27H,2-4,13-14H2,1H3,(H,24,25,26). The lowest BCUT2D eigenvalue weighted by molar-refractivity contribution is 0.572. The minimum atomic E-state index is -3.79. The molecule has 9 heteroatoms. The van der Waals surface area contributed by atoms with Gasteiger partial charge in [-0.1, -0.05) is 0 Å². The van der Waals surface area contributed by atoms with Gasteiger partial charge in [0.2, 0.25) is 0 Å². The molecule has 1 aromatic heterocycles. The van der Waals surface area contributed by atoms with Crippen LogP contribution in [0.15, 0.2) is 59.5 Å². The molecule has 0 bridgehead atoms. The fourth-order valence-corrected chi connectivity index (χ4v) is 4.56. The van der Waals surface area contributed by atoms with Gasteiger partial charge < -0.3 is 10.2 Å². The minimum Gasteiger partial charge on any atom is -0.356 e. The molecule has 1 aliphatic rings. The molecule has 1 aliphatic heterocycles. The first-order valence-corrected chi connectivity index (χ1v) is 11.6. The van der Waals surface area contributed by atoms with Crippen molar-refractivity contribution in [1.29, 1.82) is 0 Å². The van der Waals surface area contributed by atoms with Gasteiger partial charge in [-0.15, -0.1) is 0 Å². The molecule has 2 heterocycles. The van der Waals surface area contributed by atoms with Gasteiger partial charge in [0.25, 0.3) is 10.0 Å². The van der Waals surface area contributed by atoms with E-state index in [1.165, 1.54) is 31.4 Å². The van der Waals surface area contributed by atoms with Crippen molar-refractivity contribution in [1.82, 2.24) is 9.97 Å². The number of benzene rings is 2. The summed E-state index contributed by atoms with van der Waals surface area (Å²) in [6.07, 6.45) is 3.59. The van der Waals surface area contributed by atoms with E-state index in [-0.39, 0.29) is 4.90 Å². The van der Waals surface area contributed by atoms with E-state index < -0.39 is 15.8 Å². The van der Waals surface area contributed by atoms with Crippen molar-refractivity contribution >= 4 is 33.0 Å². The summed E-state index contributed by atoms with van der Waals surface area (Å²) in [5.74, 6) is 1.80. The van der Waals surface area contributed by atoms with E-state index in [2.05, 4.69) is 24.9 Å². The Morgan fingerprint density at radius 2 is 1.55 bits per heavy atom.